The van der Waals surface area contributed by atoms with Crippen molar-refractivity contribution in [3.63, 3.8) is 0 Å². The zero-order valence-electron chi connectivity index (χ0n) is 15.5. The Morgan fingerprint density at radius 1 is 1.25 bits per heavy atom. The summed E-state index contributed by atoms with van der Waals surface area (Å²) in [6.07, 6.45) is 2.31. The van der Waals surface area contributed by atoms with E-state index in [0.29, 0.717) is 21.6 Å². The number of nitrogens with zero attached hydrogens (tertiary/aromatic N) is 4. The molecule has 0 aliphatic heterocycles. The van der Waals surface area contributed by atoms with E-state index in [2.05, 4.69) is 20.1 Å². The van der Waals surface area contributed by atoms with Gasteiger partial charge >= 0.3 is 5.97 Å². The van der Waals surface area contributed by atoms with E-state index < -0.39 is 12.1 Å². The minimum absolute atomic E-state index is 0.220. The average molecular weight is 395 g/mol. The third-order valence-corrected chi connectivity index (χ3v) is 5.61. The van der Waals surface area contributed by atoms with Crippen molar-refractivity contribution in [1.82, 2.24) is 24.7 Å². The summed E-state index contributed by atoms with van der Waals surface area (Å²) in [6, 6.07) is 6.80. The number of aromatic amines is 1. The van der Waals surface area contributed by atoms with E-state index in [1.165, 1.54) is 17.7 Å². The van der Waals surface area contributed by atoms with Crippen molar-refractivity contribution in [3.8, 4) is 5.69 Å². The SMILES string of the molecule is Cc1sc2nc([C@H](C)OC(=O)c3ccc(-n4cncn4)cc3)[nH]c(=O)c2c1C. The number of benzene rings is 1. The fourth-order valence-corrected chi connectivity index (χ4v) is 3.88. The van der Waals surface area contributed by atoms with Gasteiger partial charge in [-0.05, 0) is 50.6 Å². The summed E-state index contributed by atoms with van der Waals surface area (Å²) in [6.45, 7) is 5.53. The van der Waals surface area contributed by atoms with E-state index in [-0.39, 0.29) is 5.56 Å². The van der Waals surface area contributed by atoms with Crippen molar-refractivity contribution in [2.45, 2.75) is 26.9 Å². The molecule has 1 atom stereocenters. The Labute approximate surface area is 163 Å². The van der Waals surface area contributed by atoms with Crippen LogP contribution in [0.15, 0.2) is 41.7 Å². The van der Waals surface area contributed by atoms with Crippen LogP contribution in [-0.2, 0) is 4.74 Å². The lowest BCUT2D eigenvalue weighted by Crippen LogP contribution is -2.17. The topological polar surface area (TPSA) is 103 Å². The second-order valence-corrected chi connectivity index (χ2v) is 7.55. The van der Waals surface area contributed by atoms with Crippen LogP contribution in [0, 0.1) is 13.8 Å². The van der Waals surface area contributed by atoms with Crippen molar-refractivity contribution in [2.75, 3.05) is 0 Å². The Hall–Kier alpha value is -3.33. The Morgan fingerprint density at radius 2 is 2.00 bits per heavy atom. The molecule has 28 heavy (non-hydrogen) atoms. The van der Waals surface area contributed by atoms with Gasteiger partial charge in [0.25, 0.3) is 5.56 Å². The maximum atomic E-state index is 12.5. The first-order valence-electron chi connectivity index (χ1n) is 8.60. The van der Waals surface area contributed by atoms with E-state index in [1.807, 2.05) is 13.8 Å². The number of hydrogen-bond acceptors (Lipinski definition) is 7. The number of H-pyrrole nitrogens is 1. The fourth-order valence-electron chi connectivity index (χ4n) is 2.84. The molecule has 1 N–H and O–H groups in total. The maximum Gasteiger partial charge on any atom is 0.338 e. The zero-order valence-corrected chi connectivity index (χ0v) is 16.3. The summed E-state index contributed by atoms with van der Waals surface area (Å²) < 4.78 is 7.08. The number of aromatic nitrogens is 5. The molecule has 1 aromatic carbocycles. The first kappa shape index (κ1) is 18.1. The smallest absolute Gasteiger partial charge is 0.338 e. The molecular formula is C19H17N5O3S. The molecule has 0 radical (unpaired) electrons. The molecule has 0 fully saturated rings. The summed E-state index contributed by atoms with van der Waals surface area (Å²) in [5.74, 6) is -0.176. The van der Waals surface area contributed by atoms with Gasteiger partial charge in [0.15, 0.2) is 11.9 Å². The number of rotatable bonds is 4. The van der Waals surface area contributed by atoms with Crippen molar-refractivity contribution in [3.05, 3.63) is 69.1 Å². The lowest BCUT2D eigenvalue weighted by molar-refractivity contribution is 0.0320. The van der Waals surface area contributed by atoms with Crippen LogP contribution in [0.2, 0.25) is 0 Å². The van der Waals surface area contributed by atoms with E-state index in [9.17, 15) is 9.59 Å². The van der Waals surface area contributed by atoms with Crippen LogP contribution in [0.25, 0.3) is 15.9 Å². The normalized spacial score (nSPS) is 12.2. The molecule has 3 heterocycles. The molecule has 0 saturated carbocycles. The van der Waals surface area contributed by atoms with E-state index in [0.717, 1.165) is 16.1 Å². The lowest BCUT2D eigenvalue weighted by Gasteiger charge is -2.13. The van der Waals surface area contributed by atoms with Gasteiger partial charge in [0.1, 0.15) is 17.5 Å². The van der Waals surface area contributed by atoms with Crippen LogP contribution in [-0.4, -0.2) is 30.7 Å². The molecule has 0 unspecified atom stereocenters. The second-order valence-electron chi connectivity index (χ2n) is 6.35. The summed E-state index contributed by atoms with van der Waals surface area (Å²) in [5, 5.41) is 4.63. The molecule has 8 nitrogen and oxygen atoms in total. The molecule has 4 rings (SSSR count). The van der Waals surface area contributed by atoms with Gasteiger partial charge < -0.3 is 9.72 Å². The molecule has 0 bridgehead atoms. The van der Waals surface area contributed by atoms with Crippen LogP contribution in [0.3, 0.4) is 0 Å². The number of nitrogens with one attached hydrogen (secondary N) is 1. The van der Waals surface area contributed by atoms with Crippen LogP contribution >= 0.6 is 11.3 Å². The fraction of sp³-hybridized carbons (Fsp3) is 0.211. The number of hydrogen-bond donors (Lipinski definition) is 1. The first-order valence-corrected chi connectivity index (χ1v) is 9.41. The number of carbonyl (C=O) groups excluding carboxylic acids is 1. The van der Waals surface area contributed by atoms with Crippen molar-refractivity contribution >= 4 is 27.5 Å². The molecule has 4 aromatic rings. The molecule has 0 saturated heterocycles. The Morgan fingerprint density at radius 3 is 2.68 bits per heavy atom. The Kier molecular flexibility index (Phi) is 4.52. The number of aryl methyl sites for hydroxylation is 2. The monoisotopic (exact) mass is 395 g/mol. The minimum Gasteiger partial charge on any atom is -0.451 e. The number of fused-ring (bicyclic) bond motifs is 1. The molecule has 0 aliphatic rings. The van der Waals surface area contributed by atoms with Crippen LogP contribution in [0.1, 0.15) is 39.7 Å². The van der Waals surface area contributed by atoms with Gasteiger partial charge in [-0.1, -0.05) is 0 Å². The van der Waals surface area contributed by atoms with Gasteiger partial charge in [-0.3, -0.25) is 4.79 Å². The number of esters is 1. The van der Waals surface area contributed by atoms with Crippen LogP contribution in [0.4, 0.5) is 0 Å². The summed E-state index contributed by atoms with van der Waals surface area (Å²) in [7, 11) is 0. The van der Waals surface area contributed by atoms with Crippen molar-refractivity contribution in [2.24, 2.45) is 0 Å². The highest BCUT2D eigenvalue weighted by Gasteiger charge is 2.19. The van der Waals surface area contributed by atoms with Gasteiger partial charge in [-0.15, -0.1) is 11.3 Å². The Bertz CT molecular complexity index is 1210. The number of ether oxygens (including phenoxy) is 1. The lowest BCUT2D eigenvalue weighted by atomic mass is 10.2. The predicted octanol–water partition coefficient (Wildman–Crippen LogP) is 3.10. The second kappa shape index (κ2) is 7.01. The van der Waals surface area contributed by atoms with Crippen molar-refractivity contribution in [1.29, 1.82) is 0 Å². The van der Waals surface area contributed by atoms with Gasteiger partial charge in [0, 0.05) is 4.88 Å². The van der Waals surface area contributed by atoms with Gasteiger partial charge in [-0.2, -0.15) is 5.10 Å². The summed E-state index contributed by atoms with van der Waals surface area (Å²) in [4.78, 5) is 37.7. The standard InChI is InChI=1S/C19H17N5O3S/c1-10-12(3)28-18-15(10)17(25)22-16(23-18)11(2)27-19(26)13-4-6-14(7-5-13)24-9-20-8-21-24/h4-9,11H,1-3H3,(H,22,23,25)/t11-/m0/s1. The third-order valence-electron chi connectivity index (χ3n) is 4.51. The van der Waals surface area contributed by atoms with E-state index in [1.54, 1.807) is 42.2 Å². The zero-order chi connectivity index (χ0) is 19.8. The quantitative estimate of drug-likeness (QED) is 0.533. The molecule has 0 spiro atoms. The maximum absolute atomic E-state index is 12.5. The van der Waals surface area contributed by atoms with Crippen molar-refractivity contribution < 1.29 is 9.53 Å². The molecule has 0 amide bonds. The molecule has 3 aromatic heterocycles. The molecule has 142 valence electrons. The highest BCUT2D eigenvalue weighted by molar-refractivity contribution is 7.18. The molecule has 9 heteroatoms. The van der Waals surface area contributed by atoms with E-state index in [4.69, 9.17) is 4.74 Å². The van der Waals surface area contributed by atoms with Gasteiger partial charge in [0.2, 0.25) is 0 Å². The largest absolute Gasteiger partial charge is 0.451 e. The molecular weight excluding hydrogens is 378 g/mol. The summed E-state index contributed by atoms with van der Waals surface area (Å²) in [5.41, 5.74) is 1.88. The van der Waals surface area contributed by atoms with Gasteiger partial charge in [-0.25, -0.2) is 19.4 Å². The van der Waals surface area contributed by atoms with Gasteiger partial charge in [0.05, 0.1) is 16.6 Å². The molecule has 0 aliphatic carbocycles. The minimum atomic E-state index is -0.692. The first-order chi connectivity index (χ1) is 13.4. The third kappa shape index (κ3) is 3.20. The van der Waals surface area contributed by atoms with E-state index >= 15 is 0 Å². The highest BCUT2D eigenvalue weighted by atomic mass is 32.1. The predicted molar refractivity (Wildman–Crippen MR) is 105 cm³/mol. The number of thiophene rings is 1. The number of carbonyl (C=O) groups is 1. The van der Waals surface area contributed by atoms with Crippen LogP contribution < -0.4 is 5.56 Å². The average Bonchev–Trinajstić information content (AvgIpc) is 3.31. The Balaban J connectivity index is 1.54. The van der Waals surface area contributed by atoms with Crippen LogP contribution in [0.5, 0.6) is 0 Å². The highest BCUT2D eigenvalue weighted by Crippen LogP contribution is 2.27. The summed E-state index contributed by atoms with van der Waals surface area (Å²) >= 11 is 1.46.